The fourth-order valence-electron chi connectivity index (χ4n) is 1.43. The quantitative estimate of drug-likeness (QED) is 0.667. The second-order valence-corrected chi connectivity index (χ2v) is 3.93. The minimum atomic E-state index is -2.89. The molecule has 1 fully saturated rings. The predicted molar refractivity (Wildman–Crippen MR) is 49.3 cm³/mol. The van der Waals surface area contributed by atoms with Crippen LogP contribution in [0, 0.1) is 0 Å². The number of piperazine rings is 1. The molecule has 0 aliphatic carbocycles. The van der Waals surface area contributed by atoms with Gasteiger partial charge in [-0.15, -0.1) is 0 Å². The van der Waals surface area contributed by atoms with Crippen molar-refractivity contribution in [1.29, 1.82) is 0 Å². The Bertz CT molecular complexity index is 207. The van der Waals surface area contributed by atoms with Gasteiger partial charge >= 0.3 is 0 Å². The first-order valence-corrected chi connectivity index (χ1v) is 4.72. The van der Waals surface area contributed by atoms with Gasteiger partial charge in [-0.2, -0.15) is 0 Å². The Balaban J connectivity index is 2.38. The first kappa shape index (κ1) is 11.4. The molecule has 82 valence electrons. The third-order valence-corrected chi connectivity index (χ3v) is 2.32. The van der Waals surface area contributed by atoms with Gasteiger partial charge in [0.25, 0.3) is 5.92 Å². The van der Waals surface area contributed by atoms with E-state index in [9.17, 15) is 13.6 Å². The van der Waals surface area contributed by atoms with Gasteiger partial charge in [0.2, 0.25) is 5.91 Å². The number of amides is 1. The van der Waals surface area contributed by atoms with Crippen LogP contribution in [0.25, 0.3) is 0 Å². The van der Waals surface area contributed by atoms with Crippen LogP contribution in [0.5, 0.6) is 0 Å². The molecule has 1 aliphatic heterocycles. The molecule has 1 heterocycles. The van der Waals surface area contributed by atoms with Gasteiger partial charge in [-0.1, -0.05) is 0 Å². The van der Waals surface area contributed by atoms with Gasteiger partial charge in [-0.3, -0.25) is 4.79 Å². The Morgan fingerprint density at radius 2 is 1.79 bits per heavy atom. The molecule has 1 rings (SSSR count). The van der Waals surface area contributed by atoms with Crippen LogP contribution in [0.2, 0.25) is 0 Å². The van der Waals surface area contributed by atoms with Crippen molar-refractivity contribution in [2.45, 2.75) is 19.3 Å². The van der Waals surface area contributed by atoms with Crippen molar-refractivity contribution in [2.75, 3.05) is 33.2 Å². The maximum atomic E-state index is 12.5. The monoisotopic (exact) mass is 206 g/mol. The zero-order chi connectivity index (χ0) is 10.8. The summed E-state index contributed by atoms with van der Waals surface area (Å²) in [5, 5.41) is 0. The van der Waals surface area contributed by atoms with E-state index < -0.39 is 18.3 Å². The smallest absolute Gasteiger partial charge is 0.254 e. The van der Waals surface area contributed by atoms with Crippen molar-refractivity contribution in [3.05, 3.63) is 0 Å². The molecule has 0 aromatic rings. The first-order chi connectivity index (χ1) is 6.38. The van der Waals surface area contributed by atoms with E-state index in [1.54, 1.807) is 0 Å². The molecule has 3 nitrogen and oxygen atoms in total. The van der Waals surface area contributed by atoms with Crippen molar-refractivity contribution < 1.29 is 13.6 Å². The van der Waals surface area contributed by atoms with E-state index in [-0.39, 0.29) is 0 Å². The highest BCUT2D eigenvalue weighted by Crippen LogP contribution is 2.18. The largest absolute Gasteiger partial charge is 0.340 e. The standard InChI is InChI=1S/C9H16F2N2O/c1-9(10,11)7-8(14)13-5-3-12(2)4-6-13/h3-7H2,1-2H3. The number of halogens is 2. The number of hydrogen-bond donors (Lipinski definition) is 0. The van der Waals surface area contributed by atoms with Crippen LogP contribution in [0.3, 0.4) is 0 Å². The number of nitrogens with zero attached hydrogens (tertiary/aromatic N) is 2. The van der Waals surface area contributed by atoms with Gasteiger partial charge in [0.05, 0.1) is 6.42 Å². The Hall–Kier alpha value is -0.710. The van der Waals surface area contributed by atoms with E-state index in [0.717, 1.165) is 20.0 Å². The molecule has 0 saturated carbocycles. The lowest BCUT2D eigenvalue weighted by Gasteiger charge is -2.32. The van der Waals surface area contributed by atoms with Crippen LogP contribution in [0.1, 0.15) is 13.3 Å². The number of carbonyl (C=O) groups is 1. The summed E-state index contributed by atoms with van der Waals surface area (Å²) in [5.41, 5.74) is 0. The summed E-state index contributed by atoms with van der Waals surface area (Å²) in [6.45, 7) is 3.43. The number of likely N-dealkylation sites (N-methyl/N-ethyl adjacent to an activating group) is 1. The molecule has 1 aliphatic rings. The summed E-state index contributed by atoms with van der Waals surface area (Å²) in [4.78, 5) is 14.9. The van der Waals surface area contributed by atoms with Crippen LogP contribution >= 0.6 is 0 Å². The molecular formula is C9H16F2N2O. The van der Waals surface area contributed by atoms with Crippen LogP contribution in [0.15, 0.2) is 0 Å². The molecule has 0 aromatic carbocycles. The van der Waals surface area contributed by atoms with Crippen LogP contribution in [-0.2, 0) is 4.79 Å². The summed E-state index contributed by atoms with van der Waals surface area (Å²) >= 11 is 0. The molecule has 1 saturated heterocycles. The molecule has 0 aromatic heterocycles. The van der Waals surface area contributed by atoms with Gasteiger partial charge in [0, 0.05) is 26.2 Å². The highest BCUT2D eigenvalue weighted by molar-refractivity contribution is 5.77. The molecule has 0 bridgehead atoms. The highest BCUT2D eigenvalue weighted by Gasteiger charge is 2.29. The highest BCUT2D eigenvalue weighted by atomic mass is 19.3. The number of alkyl halides is 2. The third kappa shape index (κ3) is 3.57. The van der Waals surface area contributed by atoms with Crippen LogP contribution in [0.4, 0.5) is 8.78 Å². The zero-order valence-corrected chi connectivity index (χ0v) is 8.59. The van der Waals surface area contributed by atoms with Crippen LogP contribution in [-0.4, -0.2) is 54.9 Å². The van der Waals surface area contributed by atoms with Gasteiger partial charge in [0.1, 0.15) is 0 Å². The van der Waals surface area contributed by atoms with E-state index in [1.807, 2.05) is 7.05 Å². The SMILES string of the molecule is CN1CCN(C(=O)CC(C)(F)F)CC1. The van der Waals surface area contributed by atoms with E-state index in [2.05, 4.69) is 4.90 Å². The Labute approximate surface area is 82.7 Å². The Morgan fingerprint density at radius 1 is 1.29 bits per heavy atom. The molecule has 0 N–H and O–H groups in total. The van der Waals surface area contributed by atoms with Crippen molar-refractivity contribution >= 4 is 5.91 Å². The molecule has 0 unspecified atom stereocenters. The lowest BCUT2D eigenvalue weighted by molar-refractivity contribution is -0.139. The molecule has 0 spiro atoms. The topological polar surface area (TPSA) is 23.6 Å². The normalized spacial score (nSPS) is 19.9. The minimum absolute atomic E-state index is 0.439. The zero-order valence-electron chi connectivity index (χ0n) is 8.59. The second kappa shape index (κ2) is 4.21. The Morgan fingerprint density at radius 3 is 2.21 bits per heavy atom. The molecule has 0 atom stereocenters. The number of carbonyl (C=O) groups excluding carboxylic acids is 1. The minimum Gasteiger partial charge on any atom is -0.340 e. The van der Waals surface area contributed by atoms with E-state index in [1.165, 1.54) is 4.90 Å². The fraction of sp³-hybridized carbons (Fsp3) is 0.889. The van der Waals surface area contributed by atoms with Gasteiger partial charge in [-0.25, -0.2) is 8.78 Å². The van der Waals surface area contributed by atoms with Crippen molar-refractivity contribution in [3.8, 4) is 0 Å². The molecule has 1 amide bonds. The van der Waals surface area contributed by atoms with Crippen LogP contribution < -0.4 is 0 Å². The van der Waals surface area contributed by atoms with E-state index >= 15 is 0 Å². The number of hydrogen-bond acceptors (Lipinski definition) is 2. The molecule has 0 radical (unpaired) electrons. The van der Waals surface area contributed by atoms with Crippen molar-refractivity contribution in [2.24, 2.45) is 0 Å². The summed E-state index contributed by atoms with van der Waals surface area (Å²) in [7, 11) is 1.95. The average molecular weight is 206 g/mol. The predicted octanol–water partition coefficient (Wildman–Crippen LogP) is 0.806. The summed E-state index contributed by atoms with van der Waals surface area (Å²) < 4.78 is 25.1. The van der Waals surface area contributed by atoms with Crippen molar-refractivity contribution in [3.63, 3.8) is 0 Å². The van der Waals surface area contributed by atoms with E-state index in [4.69, 9.17) is 0 Å². The summed E-state index contributed by atoms with van der Waals surface area (Å²) in [5.74, 6) is -3.33. The molecular weight excluding hydrogens is 190 g/mol. The van der Waals surface area contributed by atoms with Gasteiger partial charge in [0.15, 0.2) is 0 Å². The van der Waals surface area contributed by atoms with Gasteiger partial charge < -0.3 is 9.80 Å². The fourth-order valence-corrected chi connectivity index (χ4v) is 1.43. The maximum absolute atomic E-state index is 12.5. The summed E-state index contributed by atoms with van der Waals surface area (Å²) in [6, 6.07) is 0. The third-order valence-electron chi connectivity index (χ3n) is 2.32. The lowest BCUT2D eigenvalue weighted by Crippen LogP contribution is -2.48. The summed E-state index contributed by atoms with van der Waals surface area (Å²) in [6.07, 6.45) is -0.670. The molecule has 5 heteroatoms. The maximum Gasteiger partial charge on any atom is 0.254 e. The Kier molecular flexibility index (Phi) is 3.42. The van der Waals surface area contributed by atoms with E-state index in [0.29, 0.717) is 13.1 Å². The lowest BCUT2D eigenvalue weighted by atomic mass is 10.2. The first-order valence-electron chi connectivity index (χ1n) is 4.72. The molecule has 14 heavy (non-hydrogen) atoms. The number of rotatable bonds is 2. The van der Waals surface area contributed by atoms with Gasteiger partial charge in [-0.05, 0) is 14.0 Å². The van der Waals surface area contributed by atoms with Crippen molar-refractivity contribution in [1.82, 2.24) is 9.80 Å². The average Bonchev–Trinajstić information content (AvgIpc) is 2.02. The second-order valence-electron chi connectivity index (χ2n) is 3.93.